The lowest BCUT2D eigenvalue weighted by molar-refractivity contribution is -0.121. The van der Waals surface area contributed by atoms with Crippen LogP contribution >= 0.6 is 0 Å². The molecule has 0 bridgehead atoms. The Balaban J connectivity index is 2.58. The summed E-state index contributed by atoms with van der Waals surface area (Å²) in [5.41, 5.74) is 0. The zero-order valence-electron chi connectivity index (χ0n) is 13.9. The zero-order valence-corrected chi connectivity index (χ0v) is 14.7. The molecule has 1 aromatic carbocycles. The van der Waals surface area contributed by atoms with Gasteiger partial charge in [-0.2, -0.15) is 0 Å². The Morgan fingerprint density at radius 3 is 2.29 bits per heavy atom. The number of carbonyl (C=O) groups excluding carboxylic acids is 2. The van der Waals surface area contributed by atoms with Gasteiger partial charge in [0.05, 0.1) is 24.9 Å². The second-order valence-corrected chi connectivity index (χ2v) is 7.03. The minimum Gasteiger partial charge on any atom is -0.493 e. The van der Waals surface area contributed by atoms with E-state index in [-0.39, 0.29) is 42.0 Å². The molecule has 0 aliphatic rings. The number of hydrogen-bond acceptors (Lipinski definition) is 6. The second kappa shape index (κ2) is 9.11. The molecule has 0 saturated heterocycles. The van der Waals surface area contributed by atoms with Crippen LogP contribution in [0, 0.1) is 0 Å². The standard InChI is InChI=1S/C15H22N2O6S/c1-11(18)16-7-6-15(19)17-8-9-24(20,21)12-4-5-13(22-2)14(10-12)23-3/h4-5,10H,6-9H2,1-3H3,(H,16,18)(H,17,19). The number of carbonyl (C=O) groups is 2. The molecular weight excluding hydrogens is 336 g/mol. The van der Waals surface area contributed by atoms with Crippen LogP contribution < -0.4 is 20.1 Å². The maximum atomic E-state index is 12.3. The largest absolute Gasteiger partial charge is 0.493 e. The number of amides is 2. The van der Waals surface area contributed by atoms with Gasteiger partial charge < -0.3 is 20.1 Å². The fraction of sp³-hybridized carbons (Fsp3) is 0.467. The highest BCUT2D eigenvalue weighted by Gasteiger charge is 2.17. The third kappa shape index (κ3) is 6.07. The maximum absolute atomic E-state index is 12.3. The maximum Gasteiger partial charge on any atom is 0.221 e. The number of methoxy groups -OCH3 is 2. The van der Waals surface area contributed by atoms with Crippen LogP contribution in [0.25, 0.3) is 0 Å². The van der Waals surface area contributed by atoms with Crippen molar-refractivity contribution in [3.8, 4) is 11.5 Å². The van der Waals surface area contributed by atoms with Crippen LogP contribution in [0.1, 0.15) is 13.3 Å². The van der Waals surface area contributed by atoms with Crippen molar-refractivity contribution >= 4 is 21.7 Å². The highest BCUT2D eigenvalue weighted by Crippen LogP contribution is 2.29. The molecule has 0 unspecified atom stereocenters. The van der Waals surface area contributed by atoms with Crippen molar-refractivity contribution in [1.82, 2.24) is 10.6 Å². The Morgan fingerprint density at radius 1 is 1.04 bits per heavy atom. The first kappa shape index (κ1) is 19.8. The van der Waals surface area contributed by atoms with Crippen molar-refractivity contribution in [2.45, 2.75) is 18.2 Å². The van der Waals surface area contributed by atoms with Crippen molar-refractivity contribution < 1.29 is 27.5 Å². The monoisotopic (exact) mass is 358 g/mol. The van der Waals surface area contributed by atoms with Crippen LogP contribution in [0.3, 0.4) is 0 Å². The first-order chi connectivity index (χ1) is 11.3. The van der Waals surface area contributed by atoms with Crippen LogP contribution in [0.15, 0.2) is 23.1 Å². The van der Waals surface area contributed by atoms with Crippen molar-refractivity contribution in [2.75, 3.05) is 33.1 Å². The van der Waals surface area contributed by atoms with Crippen LogP contribution in [-0.4, -0.2) is 53.3 Å². The second-order valence-electron chi connectivity index (χ2n) is 4.92. The van der Waals surface area contributed by atoms with Crippen molar-refractivity contribution in [1.29, 1.82) is 0 Å². The summed E-state index contributed by atoms with van der Waals surface area (Å²) < 4.78 is 34.7. The Morgan fingerprint density at radius 2 is 1.71 bits per heavy atom. The SMILES string of the molecule is COc1ccc(S(=O)(=O)CCNC(=O)CCNC(C)=O)cc1OC. The van der Waals surface area contributed by atoms with Gasteiger partial charge in [-0.05, 0) is 12.1 Å². The number of benzene rings is 1. The lowest BCUT2D eigenvalue weighted by Crippen LogP contribution is -2.32. The van der Waals surface area contributed by atoms with E-state index in [1.165, 1.54) is 39.3 Å². The molecule has 1 rings (SSSR count). The third-order valence-corrected chi connectivity index (χ3v) is 4.85. The van der Waals surface area contributed by atoms with Gasteiger partial charge in [0, 0.05) is 32.5 Å². The molecule has 134 valence electrons. The van der Waals surface area contributed by atoms with E-state index in [9.17, 15) is 18.0 Å². The Kier molecular flexibility index (Phi) is 7.50. The molecule has 0 spiro atoms. The Labute approximate surface area is 141 Å². The quantitative estimate of drug-likeness (QED) is 0.649. The molecule has 0 radical (unpaired) electrons. The minimum atomic E-state index is -3.57. The smallest absolute Gasteiger partial charge is 0.221 e. The predicted molar refractivity (Wildman–Crippen MR) is 87.9 cm³/mol. The number of hydrogen-bond donors (Lipinski definition) is 2. The van der Waals surface area contributed by atoms with E-state index in [0.29, 0.717) is 11.5 Å². The zero-order chi connectivity index (χ0) is 18.2. The van der Waals surface area contributed by atoms with Gasteiger partial charge >= 0.3 is 0 Å². The van der Waals surface area contributed by atoms with E-state index in [4.69, 9.17) is 9.47 Å². The lowest BCUT2D eigenvalue weighted by Gasteiger charge is -2.10. The van der Waals surface area contributed by atoms with Crippen molar-refractivity contribution in [3.05, 3.63) is 18.2 Å². The van der Waals surface area contributed by atoms with Crippen molar-refractivity contribution in [3.63, 3.8) is 0 Å². The molecule has 24 heavy (non-hydrogen) atoms. The first-order valence-electron chi connectivity index (χ1n) is 7.26. The molecule has 0 aliphatic carbocycles. The van der Waals surface area contributed by atoms with Gasteiger partial charge in [0.15, 0.2) is 21.3 Å². The number of ether oxygens (including phenoxy) is 2. The first-order valence-corrected chi connectivity index (χ1v) is 8.91. The number of sulfone groups is 1. The molecule has 0 saturated carbocycles. The average Bonchev–Trinajstić information content (AvgIpc) is 2.53. The molecular formula is C15H22N2O6S. The fourth-order valence-corrected chi connectivity index (χ4v) is 3.06. The van der Waals surface area contributed by atoms with E-state index < -0.39 is 9.84 Å². The van der Waals surface area contributed by atoms with Crippen molar-refractivity contribution in [2.24, 2.45) is 0 Å². The Hall–Kier alpha value is -2.29. The molecule has 0 aliphatic heterocycles. The predicted octanol–water partition coefficient (Wildman–Crippen LogP) is 0.120. The molecule has 9 heteroatoms. The third-order valence-electron chi connectivity index (χ3n) is 3.13. The average molecular weight is 358 g/mol. The minimum absolute atomic E-state index is 0.0183. The Bertz CT molecular complexity index is 687. The summed E-state index contributed by atoms with van der Waals surface area (Å²) in [5, 5.41) is 5.00. The van der Waals surface area contributed by atoms with E-state index >= 15 is 0 Å². The van der Waals surface area contributed by atoms with Crippen LogP contribution in [0.5, 0.6) is 11.5 Å². The topological polar surface area (TPSA) is 111 Å². The molecule has 0 aromatic heterocycles. The van der Waals surface area contributed by atoms with Gasteiger partial charge in [0.25, 0.3) is 0 Å². The van der Waals surface area contributed by atoms with E-state index in [1.54, 1.807) is 0 Å². The van der Waals surface area contributed by atoms with Gasteiger partial charge in [0.1, 0.15) is 0 Å². The molecule has 1 aromatic rings. The van der Waals surface area contributed by atoms with Crippen LogP contribution in [-0.2, 0) is 19.4 Å². The molecule has 2 amide bonds. The van der Waals surface area contributed by atoms with Gasteiger partial charge in [-0.1, -0.05) is 0 Å². The fourth-order valence-electron chi connectivity index (χ4n) is 1.89. The van der Waals surface area contributed by atoms with Gasteiger partial charge in [-0.25, -0.2) is 8.42 Å². The van der Waals surface area contributed by atoms with E-state index in [2.05, 4.69) is 10.6 Å². The summed E-state index contributed by atoms with van der Waals surface area (Å²) >= 11 is 0. The lowest BCUT2D eigenvalue weighted by atomic mass is 10.3. The van der Waals surface area contributed by atoms with Gasteiger partial charge in [-0.3, -0.25) is 9.59 Å². The van der Waals surface area contributed by atoms with E-state index in [0.717, 1.165) is 0 Å². The molecule has 0 fully saturated rings. The highest BCUT2D eigenvalue weighted by molar-refractivity contribution is 7.91. The summed E-state index contributed by atoms with van der Waals surface area (Å²) in [4.78, 5) is 22.3. The summed E-state index contributed by atoms with van der Waals surface area (Å²) in [6.45, 7) is 1.55. The summed E-state index contributed by atoms with van der Waals surface area (Å²) in [6, 6.07) is 4.32. The van der Waals surface area contributed by atoms with Crippen LogP contribution in [0.4, 0.5) is 0 Å². The molecule has 2 N–H and O–H groups in total. The molecule has 0 atom stereocenters. The molecule has 0 heterocycles. The van der Waals surface area contributed by atoms with Gasteiger partial charge in [-0.15, -0.1) is 0 Å². The number of rotatable bonds is 9. The van der Waals surface area contributed by atoms with Crippen LogP contribution in [0.2, 0.25) is 0 Å². The highest BCUT2D eigenvalue weighted by atomic mass is 32.2. The normalized spacial score (nSPS) is 10.8. The van der Waals surface area contributed by atoms with Gasteiger partial charge in [0.2, 0.25) is 11.8 Å². The summed E-state index contributed by atoms with van der Waals surface area (Å²) in [5.74, 6) is -0.0420. The molecule has 8 nitrogen and oxygen atoms in total. The summed E-state index contributed by atoms with van der Waals surface area (Å²) in [6.07, 6.45) is 0.0932. The van der Waals surface area contributed by atoms with E-state index in [1.807, 2.05) is 0 Å². The summed E-state index contributed by atoms with van der Waals surface area (Å²) in [7, 11) is -0.686. The number of nitrogens with one attached hydrogen (secondary N) is 2.